The SMILES string of the molecule is BrCCOc1ccc(C(c2ccc(OCCBr)cc2)c2ccc(OCCBr)cc2)cc1. The minimum absolute atomic E-state index is 0.0978. The first-order valence-corrected chi connectivity index (χ1v) is 13.5. The van der Waals surface area contributed by atoms with Gasteiger partial charge in [-0.15, -0.1) is 0 Å². The second-order valence-corrected chi connectivity index (χ2v) is 9.13. The zero-order valence-electron chi connectivity index (χ0n) is 17.1. The number of hydrogen-bond acceptors (Lipinski definition) is 3. The van der Waals surface area contributed by atoms with E-state index in [2.05, 4.69) is 84.2 Å². The molecule has 164 valence electrons. The predicted octanol–water partition coefficient (Wildman–Crippen LogP) is 7.19. The highest BCUT2D eigenvalue weighted by atomic mass is 79.9. The largest absolute Gasteiger partial charge is 0.493 e. The van der Waals surface area contributed by atoms with Crippen LogP contribution >= 0.6 is 47.8 Å². The number of halogens is 3. The predicted molar refractivity (Wildman–Crippen MR) is 138 cm³/mol. The summed E-state index contributed by atoms with van der Waals surface area (Å²) in [4.78, 5) is 0. The molecule has 0 bridgehead atoms. The summed E-state index contributed by atoms with van der Waals surface area (Å²) in [5, 5.41) is 2.43. The minimum Gasteiger partial charge on any atom is -0.493 e. The van der Waals surface area contributed by atoms with E-state index in [0.29, 0.717) is 19.8 Å². The molecule has 0 spiro atoms. The molecular weight excluding hydrogens is 588 g/mol. The van der Waals surface area contributed by atoms with Crippen LogP contribution in [0.15, 0.2) is 72.8 Å². The number of rotatable bonds is 12. The van der Waals surface area contributed by atoms with Gasteiger partial charge < -0.3 is 14.2 Å². The van der Waals surface area contributed by atoms with Gasteiger partial charge in [0.15, 0.2) is 0 Å². The third-order valence-corrected chi connectivity index (χ3v) is 5.65. The van der Waals surface area contributed by atoms with Gasteiger partial charge in [-0.05, 0) is 53.1 Å². The topological polar surface area (TPSA) is 27.7 Å². The Labute approximate surface area is 209 Å². The first-order valence-electron chi connectivity index (χ1n) is 10.1. The van der Waals surface area contributed by atoms with E-state index in [1.807, 2.05) is 36.4 Å². The van der Waals surface area contributed by atoms with Gasteiger partial charge in [0.05, 0.1) is 19.8 Å². The van der Waals surface area contributed by atoms with Crippen molar-refractivity contribution in [3.05, 3.63) is 89.5 Å². The molecule has 0 aromatic heterocycles. The van der Waals surface area contributed by atoms with E-state index in [1.54, 1.807) is 0 Å². The standard InChI is InChI=1S/C25H25Br3O3/c26-13-16-29-22-7-1-19(2-8-22)25(20-3-9-23(10-4-20)30-17-14-27)21-5-11-24(12-6-21)31-18-15-28/h1-12,25H,13-18H2. The van der Waals surface area contributed by atoms with Crippen molar-refractivity contribution in [2.75, 3.05) is 35.8 Å². The Morgan fingerprint density at radius 2 is 0.710 bits per heavy atom. The van der Waals surface area contributed by atoms with Crippen LogP contribution in [-0.4, -0.2) is 35.8 Å². The van der Waals surface area contributed by atoms with E-state index >= 15 is 0 Å². The quantitative estimate of drug-likeness (QED) is 0.160. The number of benzene rings is 3. The Balaban J connectivity index is 1.90. The van der Waals surface area contributed by atoms with Crippen molar-refractivity contribution in [3.63, 3.8) is 0 Å². The molecule has 0 atom stereocenters. The van der Waals surface area contributed by atoms with Crippen molar-refractivity contribution < 1.29 is 14.2 Å². The fraction of sp³-hybridized carbons (Fsp3) is 0.280. The number of hydrogen-bond donors (Lipinski definition) is 0. The van der Waals surface area contributed by atoms with Crippen molar-refractivity contribution >= 4 is 47.8 Å². The second kappa shape index (κ2) is 13.1. The lowest BCUT2D eigenvalue weighted by Gasteiger charge is -2.20. The van der Waals surface area contributed by atoms with Crippen LogP contribution in [0, 0.1) is 0 Å². The highest BCUT2D eigenvalue weighted by molar-refractivity contribution is 9.09. The van der Waals surface area contributed by atoms with Gasteiger partial charge in [-0.2, -0.15) is 0 Å². The molecule has 0 aliphatic heterocycles. The van der Waals surface area contributed by atoms with Crippen LogP contribution in [0.25, 0.3) is 0 Å². The average Bonchev–Trinajstić information content (AvgIpc) is 2.82. The lowest BCUT2D eigenvalue weighted by atomic mass is 9.85. The van der Waals surface area contributed by atoms with Crippen LogP contribution in [0.2, 0.25) is 0 Å². The molecule has 0 N–H and O–H groups in total. The van der Waals surface area contributed by atoms with Crippen LogP contribution in [0.1, 0.15) is 22.6 Å². The fourth-order valence-corrected chi connectivity index (χ4v) is 3.80. The maximum Gasteiger partial charge on any atom is 0.119 e. The summed E-state index contributed by atoms with van der Waals surface area (Å²) in [5.41, 5.74) is 3.61. The maximum absolute atomic E-state index is 5.72. The van der Waals surface area contributed by atoms with E-state index in [1.165, 1.54) is 16.7 Å². The maximum atomic E-state index is 5.72. The number of ether oxygens (including phenoxy) is 3. The molecule has 3 aromatic carbocycles. The lowest BCUT2D eigenvalue weighted by Crippen LogP contribution is -2.05. The number of alkyl halides is 3. The van der Waals surface area contributed by atoms with Gasteiger partial charge in [0.2, 0.25) is 0 Å². The van der Waals surface area contributed by atoms with Crippen LogP contribution < -0.4 is 14.2 Å². The third-order valence-electron chi connectivity index (χ3n) is 4.68. The monoisotopic (exact) mass is 610 g/mol. The fourth-order valence-electron chi connectivity index (χ4n) is 3.32. The zero-order chi connectivity index (χ0) is 21.9. The van der Waals surface area contributed by atoms with Crippen molar-refractivity contribution in [2.45, 2.75) is 5.92 Å². The summed E-state index contributed by atoms with van der Waals surface area (Å²) in [6.07, 6.45) is 0. The van der Waals surface area contributed by atoms with E-state index in [4.69, 9.17) is 14.2 Å². The van der Waals surface area contributed by atoms with Gasteiger partial charge in [-0.1, -0.05) is 84.2 Å². The second-order valence-electron chi connectivity index (χ2n) is 6.75. The molecule has 3 rings (SSSR count). The molecule has 0 saturated carbocycles. The van der Waals surface area contributed by atoms with Gasteiger partial charge in [0.1, 0.15) is 17.2 Å². The molecule has 0 unspecified atom stereocenters. The summed E-state index contributed by atoms with van der Waals surface area (Å²) >= 11 is 10.2. The molecule has 31 heavy (non-hydrogen) atoms. The molecule has 3 aromatic rings. The summed E-state index contributed by atoms with van der Waals surface area (Å²) in [7, 11) is 0. The lowest BCUT2D eigenvalue weighted by molar-refractivity contribution is 0.345. The van der Waals surface area contributed by atoms with E-state index < -0.39 is 0 Å². The van der Waals surface area contributed by atoms with Gasteiger partial charge >= 0.3 is 0 Å². The Morgan fingerprint density at radius 3 is 0.935 bits per heavy atom. The van der Waals surface area contributed by atoms with Crippen molar-refractivity contribution in [1.82, 2.24) is 0 Å². The van der Waals surface area contributed by atoms with Gasteiger partial charge in [0, 0.05) is 21.9 Å². The van der Waals surface area contributed by atoms with Crippen molar-refractivity contribution in [1.29, 1.82) is 0 Å². The molecular formula is C25H25Br3O3. The molecule has 0 heterocycles. The van der Waals surface area contributed by atoms with Gasteiger partial charge in [-0.3, -0.25) is 0 Å². The van der Waals surface area contributed by atoms with Crippen LogP contribution in [0.5, 0.6) is 17.2 Å². The Kier molecular flexibility index (Phi) is 10.2. The van der Waals surface area contributed by atoms with Crippen LogP contribution in [0.4, 0.5) is 0 Å². The normalized spacial score (nSPS) is 10.8. The first kappa shape index (κ1) is 24.1. The Hall–Kier alpha value is -1.50. The average molecular weight is 613 g/mol. The molecule has 0 fully saturated rings. The van der Waals surface area contributed by atoms with Crippen molar-refractivity contribution in [3.8, 4) is 17.2 Å². The van der Waals surface area contributed by atoms with Crippen LogP contribution in [-0.2, 0) is 0 Å². The summed E-state index contributed by atoms with van der Waals surface area (Å²) < 4.78 is 17.2. The molecule has 0 aliphatic rings. The first-order chi connectivity index (χ1) is 15.2. The molecule has 3 nitrogen and oxygen atoms in total. The van der Waals surface area contributed by atoms with E-state index in [0.717, 1.165) is 33.2 Å². The van der Waals surface area contributed by atoms with Gasteiger partial charge in [0.25, 0.3) is 0 Å². The minimum atomic E-state index is 0.0978. The Morgan fingerprint density at radius 1 is 0.452 bits per heavy atom. The molecule has 0 saturated heterocycles. The van der Waals surface area contributed by atoms with Gasteiger partial charge in [-0.25, -0.2) is 0 Å². The summed E-state index contributed by atoms with van der Waals surface area (Å²) in [6.45, 7) is 1.94. The van der Waals surface area contributed by atoms with Crippen LogP contribution in [0.3, 0.4) is 0 Å². The Bertz CT molecular complexity index is 774. The highest BCUT2D eigenvalue weighted by Crippen LogP contribution is 2.34. The third kappa shape index (κ3) is 7.26. The summed E-state index contributed by atoms with van der Waals surface area (Å²) in [6, 6.07) is 25.0. The molecule has 6 heteroatoms. The molecule has 0 aliphatic carbocycles. The zero-order valence-corrected chi connectivity index (χ0v) is 21.9. The smallest absolute Gasteiger partial charge is 0.119 e. The van der Waals surface area contributed by atoms with Crippen molar-refractivity contribution in [2.24, 2.45) is 0 Å². The molecule has 0 amide bonds. The summed E-state index contributed by atoms with van der Waals surface area (Å²) in [5.74, 6) is 2.72. The molecule has 0 radical (unpaired) electrons. The van der Waals surface area contributed by atoms with E-state index in [9.17, 15) is 0 Å². The highest BCUT2D eigenvalue weighted by Gasteiger charge is 2.17. The van der Waals surface area contributed by atoms with E-state index in [-0.39, 0.29) is 5.92 Å².